The van der Waals surface area contributed by atoms with Gasteiger partial charge < -0.3 is 15.4 Å². The van der Waals surface area contributed by atoms with Crippen LogP contribution in [0.1, 0.15) is 63.3 Å². The maximum absolute atomic E-state index is 13.0. The minimum atomic E-state index is -0.503. The highest BCUT2D eigenvalue weighted by molar-refractivity contribution is 6.33. The van der Waals surface area contributed by atoms with Gasteiger partial charge in [0.05, 0.1) is 28.6 Å². The number of nitro groups is 1. The zero-order valence-electron chi connectivity index (χ0n) is 18.5. The van der Waals surface area contributed by atoms with Gasteiger partial charge in [0.1, 0.15) is 0 Å². The Labute approximate surface area is 191 Å². The van der Waals surface area contributed by atoms with E-state index >= 15 is 0 Å². The number of nitrogens with zero attached hydrogens (tertiary/aromatic N) is 5. The molecule has 2 heterocycles. The Morgan fingerprint density at radius 3 is 2.69 bits per heavy atom. The maximum atomic E-state index is 13.0. The quantitative estimate of drug-likeness (QED) is 0.496. The van der Waals surface area contributed by atoms with Crippen molar-refractivity contribution in [3.05, 3.63) is 38.8 Å². The second kappa shape index (κ2) is 7.57. The van der Waals surface area contributed by atoms with Gasteiger partial charge in [-0.3, -0.25) is 9.48 Å². The summed E-state index contributed by atoms with van der Waals surface area (Å²) in [5.74, 6) is 0.838. The Hall–Kier alpha value is -2.42. The van der Waals surface area contributed by atoms with E-state index in [9.17, 15) is 14.9 Å². The molecule has 32 heavy (non-hydrogen) atoms. The van der Waals surface area contributed by atoms with E-state index in [1.54, 1.807) is 6.20 Å². The van der Waals surface area contributed by atoms with Crippen LogP contribution in [0.2, 0.25) is 5.02 Å². The average Bonchev–Trinajstić information content (AvgIpc) is 3.29. The molecule has 4 aliphatic rings. The van der Waals surface area contributed by atoms with Crippen LogP contribution in [0.25, 0.3) is 0 Å². The minimum absolute atomic E-state index is 0.0622. The SMILES string of the molecule is CCn1nccc1CNC(=O)CC12CC3CC(C1)CC(n1nc([N+](=O)[O-])c(Cl)c1C)(C3)C2. The molecule has 2 unspecified atom stereocenters. The Morgan fingerprint density at radius 1 is 1.34 bits per heavy atom. The molecule has 4 aliphatic carbocycles. The number of hydrogen-bond acceptors (Lipinski definition) is 5. The fourth-order valence-corrected chi connectivity index (χ4v) is 7.48. The van der Waals surface area contributed by atoms with Gasteiger partial charge in [0.15, 0.2) is 5.02 Å². The molecule has 172 valence electrons. The molecule has 10 heteroatoms. The summed E-state index contributed by atoms with van der Waals surface area (Å²) in [6.07, 6.45) is 8.24. The lowest BCUT2D eigenvalue weighted by Crippen LogP contribution is -2.58. The number of carbonyl (C=O) groups excluding carboxylic acids is 1. The molecule has 0 saturated heterocycles. The first kappa shape index (κ1) is 21.4. The number of amides is 1. The number of hydrogen-bond donors (Lipinski definition) is 1. The van der Waals surface area contributed by atoms with E-state index < -0.39 is 4.92 Å². The van der Waals surface area contributed by atoms with Crippen molar-refractivity contribution in [3.8, 4) is 0 Å². The first-order valence-corrected chi connectivity index (χ1v) is 11.8. The number of aromatic nitrogens is 4. The van der Waals surface area contributed by atoms with Crippen LogP contribution in [0.15, 0.2) is 12.3 Å². The smallest absolute Gasteiger partial charge is 0.358 e. The molecule has 0 aliphatic heterocycles. The van der Waals surface area contributed by atoms with Gasteiger partial charge in [0.25, 0.3) is 0 Å². The molecule has 4 bridgehead atoms. The Bertz CT molecular complexity index is 1060. The minimum Gasteiger partial charge on any atom is -0.358 e. The van der Waals surface area contributed by atoms with Crippen LogP contribution in [-0.2, 0) is 23.4 Å². The summed E-state index contributed by atoms with van der Waals surface area (Å²) in [6, 6.07) is 1.93. The Kier molecular flexibility index (Phi) is 5.07. The second-order valence-electron chi connectivity index (χ2n) is 10.2. The number of aryl methyl sites for hydroxylation is 1. The van der Waals surface area contributed by atoms with Crippen LogP contribution in [0.3, 0.4) is 0 Å². The van der Waals surface area contributed by atoms with Crippen molar-refractivity contribution in [1.29, 1.82) is 0 Å². The van der Waals surface area contributed by atoms with Crippen LogP contribution in [-0.4, -0.2) is 30.4 Å². The zero-order chi connectivity index (χ0) is 22.7. The molecule has 0 spiro atoms. The summed E-state index contributed by atoms with van der Waals surface area (Å²) in [5.41, 5.74) is 1.29. The molecule has 4 fully saturated rings. The monoisotopic (exact) mass is 460 g/mol. The molecule has 2 atom stereocenters. The highest BCUT2D eigenvalue weighted by atomic mass is 35.5. The average molecular weight is 461 g/mol. The lowest BCUT2D eigenvalue weighted by Gasteiger charge is -2.61. The summed E-state index contributed by atoms with van der Waals surface area (Å²) < 4.78 is 3.73. The summed E-state index contributed by atoms with van der Waals surface area (Å²) in [5, 5.41) is 23.3. The van der Waals surface area contributed by atoms with Crippen molar-refractivity contribution in [2.45, 2.75) is 77.4 Å². The fourth-order valence-electron chi connectivity index (χ4n) is 7.29. The van der Waals surface area contributed by atoms with E-state index in [4.69, 9.17) is 11.6 Å². The van der Waals surface area contributed by atoms with Crippen LogP contribution < -0.4 is 5.32 Å². The van der Waals surface area contributed by atoms with Crippen molar-refractivity contribution < 1.29 is 9.72 Å². The topological polar surface area (TPSA) is 108 Å². The summed E-state index contributed by atoms with van der Waals surface area (Å²) >= 11 is 6.29. The Morgan fingerprint density at radius 2 is 2.06 bits per heavy atom. The molecule has 4 saturated carbocycles. The van der Waals surface area contributed by atoms with Gasteiger partial charge in [-0.15, -0.1) is 0 Å². The van der Waals surface area contributed by atoms with Crippen molar-refractivity contribution >= 4 is 23.3 Å². The Balaban J connectivity index is 1.37. The van der Waals surface area contributed by atoms with Gasteiger partial charge in [0, 0.05) is 19.2 Å². The molecule has 9 nitrogen and oxygen atoms in total. The zero-order valence-corrected chi connectivity index (χ0v) is 19.3. The van der Waals surface area contributed by atoms with E-state index in [1.807, 2.05) is 29.3 Å². The fraction of sp³-hybridized carbons (Fsp3) is 0.682. The van der Waals surface area contributed by atoms with Gasteiger partial charge in [0.2, 0.25) is 5.91 Å². The van der Waals surface area contributed by atoms with Crippen LogP contribution in [0.5, 0.6) is 0 Å². The highest BCUT2D eigenvalue weighted by Crippen LogP contribution is 2.65. The second-order valence-corrected chi connectivity index (χ2v) is 10.5. The molecule has 1 N–H and O–H groups in total. The molecule has 6 rings (SSSR count). The van der Waals surface area contributed by atoms with Crippen molar-refractivity contribution in [3.63, 3.8) is 0 Å². The van der Waals surface area contributed by atoms with E-state index in [1.165, 1.54) is 6.42 Å². The molecule has 1 amide bonds. The van der Waals surface area contributed by atoms with E-state index in [-0.39, 0.29) is 27.7 Å². The van der Waals surface area contributed by atoms with Gasteiger partial charge in [-0.25, -0.2) is 0 Å². The van der Waals surface area contributed by atoms with E-state index in [2.05, 4.69) is 15.5 Å². The van der Waals surface area contributed by atoms with Crippen molar-refractivity contribution in [2.24, 2.45) is 17.3 Å². The molecule has 2 aromatic rings. The number of nitrogens with one attached hydrogen (secondary N) is 1. The van der Waals surface area contributed by atoms with Crippen molar-refractivity contribution in [1.82, 2.24) is 24.9 Å². The molecule has 0 aromatic carbocycles. The number of rotatable bonds is 7. The van der Waals surface area contributed by atoms with Crippen LogP contribution in [0.4, 0.5) is 5.82 Å². The maximum Gasteiger partial charge on any atom is 0.408 e. The van der Waals surface area contributed by atoms with Gasteiger partial charge in [-0.05, 0) is 80.6 Å². The van der Waals surface area contributed by atoms with Crippen LogP contribution in [0, 0.1) is 34.3 Å². The third-order valence-corrected chi connectivity index (χ3v) is 8.35. The normalized spacial score (nSPS) is 30.6. The first-order valence-electron chi connectivity index (χ1n) is 11.4. The van der Waals surface area contributed by atoms with Gasteiger partial charge >= 0.3 is 5.82 Å². The molecule has 2 aromatic heterocycles. The standard InChI is InChI=1S/C22H29ClN6O3/c1-3-27-17(4-5-25-27)12-24-18(30)11-21-7-15-6-16(8-21)10-22(9-15,13-21)28-14(2)19(23)20(26-28)29(31)32/h4-5,15-16H,3,6-13H2,1-2H3,(H,24,30). The molecule has 0 radical (unpaired) electrons. The predicted molar refractivity (Wildman–Crippen MR) is 118 cm³/mol. The third kappa shape index (κ3) is 3.41. The van der Waals surface area contributed by atoms with E-state index in [0.717, 1.165) is 44.3 Å². The van der Waals surface area contributed by atoms with Crippen molar-refractivity contribution in [2.75, 3.05) is 0 Å². The van der Waals surface area contributed by atoms with E-state index in [0.29, 0.717) is 30.5 Å². The number of carbonyl (C=O) groups is 1. The molecular weight excluding hydrogens is 432 g/mol. The highest BCUT2D eigenvalue weighted by Gasteiger charge is 2.60. The lowest BCUT2D eigenvalue weighted by molar-refractivity contribution is -0.389. The molecular formula is C22H29ClN6O3. The largest absolute Gasteiger partial charge is 0.408 e. The lowest BCUT2D eigenvalue weighted by atomic mass is 9.46. The van der Waals surface area contributed by atoms with Gasteiger partial charge in [-0.1, -0.05) is 11.6 Å². The summed E-state index contributed by atoms with van der Waals surface area (Å²) in [6.45, 7) is 5.09. The number of halogens is 1. The first-order chi connectivity index (χ1) is 15.2. The van der Waals surface area contributed by atoms with Crippen LogP contribution >= 0.6 is 11.6 Å². The third-order valence-electron chi connectivity index (χ3n) is 7.91. The summed E-state index contributed by atoms with van der Waals surface area (Å²) in [4.78, 5) is 23.9. The summed E-state index contributed by atoms with van der Waals surface area (Å²) in [7, 11) is 0. The predicted octanol–water partition coefficient (Wildman–Crippen LogP) is 3.97. The van der Waals surface area contributed by atoms with Gasteiger partial charge in [-0.2, -0.15) is 9.78 Å².